The number of anilines is 1. The fourth-order valence-corrected chi connectivity index (χ4v) is 3.89. The fraction of sp³-hybridized carbons (Fsp3) is 0.278. The number of nitrogens with zero attached hydrogens (tertiary/aromatic N) is 4. The van der Waals surface area contributed by atoms with Crippen LogP contribution in [0.5, 0.6) is 0 Å². The lowest BCUT2D eigenvalue weighted by Crippen LogP contribution is -2.32. The summed E-state index contributed by atoms with van der Waals surface area (Å²) in [6.07, 6.45) is 1.66. The number of alkyl halides is 1. The van der Waals surface area contributed by atoms with Crippen molar-refractivity contribution in [3.8, 4) is 0 Å². The van der Waals surface area contributed by atoms with E-state index >= 15 is 0 Å². The quantitative estimate of drug-likeness (QED) is 0.682. The first-order valence-corrected chi connectivity index (χ1v) is 9.23. The second-order valence-electron chi connectivity index (χ2n) is 6.33. The Kier molecular flexibility index (Phi) is 4.69. The molecule has 4 rings (SSSR count). The van der Waals surface area contributed by atoms with E-state index in [4.69, 9.17) is 10.5 Å². The number of nitrogens with two attached hydrogens (primary N) is 1. The van der Waals surface area contributed by atoms with E-state index in [1.54, 1.807) is 16.8 Å². The zero-order chi connectivity index (χ0) is 19.0. The van der Waals surface area contributed by atoms with Crippen LogP contribution in [0.25, 0.3) is 5.52 Å². The van der Waals surface area contributed by atoms with Crippen LogP contribution in [0, 0.1) is 0 Å². The Morgan fingerprint density at radius 1 is 1.37 bits per heavy atom. The summed E-state index contributed by atoms with van der Waals surface area (Å²) < 4.78 is 21.8. The molecule has 1 aliphatic heterocycles. The van der Waals surface area contributed by atoms with E-state index < -0.39 is 18.3 Å². The largest absolute Gasteiger partial charge is 0.445 e. The summed E-state index contributed by atoms with van der Waals surface area (Å²) in [6, 6.07) is 8.79. The van der Waals surface area contributed by atoms with Gasteiger partial charge in [0.05, 0.1) is 12.6 Å². The Labute approximate surface area is 163 Å². The minimum atomic E-state index is -1.15. The number of carbonyl (C=O) groups is 1. The Hall–Kier alpha value is -2.68. The van der Waals surface area contributed by atoms with Crippen molar-refractivity contribution in [2.45, 2.75) is 25.2 Å². The molecule has 1 amide bonds. The lowest BCUT2D eigenvalue weighted by Gasteiger charge is -2.23. The molecule has 0 radical (unpaired) electrons. The monoisotopic (exact) mass is 433 g/mol. The second kappa shape index (κ2) is 7.15. The standard InChI is InChI=1S/C18H17BrFN5O2/c19-15-14-16(21)22-6-7-24(14)17(23-15)13-8-12(20)9-25(13)18(26)27-10-11-4-2-1-3-5-11/h1-7,12-13H,8-10H2,(H2,21,22)/t12-,13+/m1/s1. The van der Waals surface area contributed by atoms with Crippen molar-refractivity contribution in [3.05, 3.63) is 58.7 Å². The van der Waals surface area contributed by atoms with Gasteiger partial charge in [0.2, 0.25) is 0 Å². The topological polar surface area (TPSA) is 85.8 Å². The van der Waals surface area contributed by atoms with E-state index in [-0.39, 0.29) is 19.6 Å². The van der Waals surface area contributed by atoms with Gasteiger partial charge in [0.15, 0.2) is 5.82 Å². The zero-order valence-corrected chi connectivity index (χ0v) is 15.8. The molecular formula is C18H17BrFN5O2. The van der Waals surface area contributed by atoms with Crippen molar-refractivity contribution in [2.75, 3.05) is 12.3 Å². The van der Waals surface area contributed by atoms with Crippen LogP contribution in [0.4, 0.5) is 15.0 Å². The molecule has 0 aliphatic carbocycles. The predicted octanol–water partition coefficient (Wildman–Crippen LogP) is 3.50. The van der Waals surface area contributed by atoms with Gasteiger partial charge in [-0.25, -0.2) is 19.2 Å². The van der Waals surface area contributed by atoms with Gasteiger partial charge in [-0.15, -0.1) is 0 Å². The fourth-order valence-electron chi connectivity index (χ4n) is 3.31. The molecule has 2 N–H and O–H groups in total. The summed E-state index contributed by atoms with van der Waals surface area (Å²) in [7, 11) is 0. The van der Waals surface area contributed by atoms with Crippen LogP contribution in [0.3, 0.4) is 0 Å². The third kappa shape index (κ3) is 3.34. The molecule has 3 aromatic rings. The Balaban J connectivity index is 1.60. The minimum Gasteiger partial charge on any atom is -0.445 e. The van der Waals surface area contributed by atoms with Crippen molar-refractivity contribution < 1.29 is 13.9 Å². The average molecular weight is 434 g/mol. The summed E-state index contributed by atoms with van der Waals surface area (Å²) in [5, 5.41) is 0. The maximum Gasteiger partial charge on any atom is 0.410 e. The number of likely N-dealkylation sites (tertiary alicyclic amines) is 1. The van der Waals surface area contributed by atoms with Gasteiger partial charge in [0, 0.05) is 18.8 Å². The molecule has 3 heterocycles. The van der Waals surface area contributed by atoms with Crippen molar-refractivity contribution in [3.63, 3.8) is 0 Å². The number of benzene rings is 1. The molecule has 140 valence electrons. The zero-order valence-electron chi connectivity index (χ0n) is 14.3. The normalized spacial score (nSPS) is 19.6. The molecule has 1 saturated heterocycles. The van der Waals surface area contributed by atoms with Crippen LogP contribution in [0.2, 0.25) is 0 Å². The molecule has 1 aromatic carbocycles. The molecule has 27 heavy (non-hydrogen) atoms. The van der Waals surface area contributed by atoms with Gasteiger partial charge >= 0.3 is 6.09 Å². The number of aromatic nitrogens is 3. The van der Waals surface area contributed by atoms with E-state index in [1.807, 2.05) is 30.3 Å². The molecule has 0 saturated carbocycles. The van der Waals surface area contributed by atoms with E-state index in [1.165, 1.54) is 4.90 Å². The van der Waals surface area contributed by atoms with E-state index in [0.717, 1.165) is 5.56 Å². The second-order valence-corrected chi connectivity index (χ2v) is 7.08. The number of nitrogen functional groups attached to an aromatic ring is 1. The number of fused-ring (bicyclic) bond motifs is 1. The molecule has 2 aromatic heterocycles. The lowest BCUT2D eigenvalue weighted by atomic mass is 10.2. The SMILES string of the molecule is Nc1nccn2c([C@@H]3C[C@@H](F)CN3C(=O)OCc3ccccc3)nc(Br)c12. The van der Waals surface area contributed by atoms with Gasteiger partial charge in [-0.05, 0) is 21.5 Å². The van der Waals surface area contributed by atoms with Gasteiger partial charge in [-0.2, -0.15) is 0 Å². The van der Waals surface area contributed by atoms with E-state index in [2.05, 4.69) is 25.9 Å². The van der Waals surface area contributed by atoms with E-state index in [0.29, 0.717) is 21.8 Å². The van der Waals surface area contributed by atoms with Crippen LogP contribution in [0.1, 0.15) is 23.9 Å². The Morgan fingerprint density at radius 2 is 2.15 bits per heavy atom. The number of amides is 1. The highest BCUT2D eigenvalue weighted by Gasteiger charge is 2.40. The number of ether oxygens (including phenoxy) is 1. The van der Waals surface area contributed by atoms with Crippen molar-refractivity contribution in [1.29, 1.82) is 0 Å². The number of rotatable bonds is 3. The molecule has 1 aliphatic rings. The van der Waals surface area contributed by atoms with Crippen molar-refractivity contribution in [2.24, 2.45) is 0 Å². The predicted molar refractivity (Wildman–Crippen MR) is 101 cm³/mol. The number of carbonyl (C=O) groups excluding carboxylic acids is 1. The number of halogens is 2. The van der Waals surface area contributed by atoms with Crippen LogP contribution in [-0.2, 0) is 11.3 Å². The molecule has 1 fully saturated rings. The Bertz CT molecular complexity index is 981. The Morgan fingerprint density at radius 3 is 2.93 bits per heavy atom. The highest BCUT2D eigenvalue weighted by Crippen LogP contribution is 2.36. The summed E-state index contributed by atoms with van der Waals surface area (Å²) >= 11 is 3.37. The first-order valence-electron chi connectivity index (χ1n) is 8.44. The van der Waals surface area contributed by atoms with Gasteiger partial charge in [0.1, 0.15) is 28.7 Å². The number of hydrogen-bond acceptors (Lipinski definition) is 5. The lowest BCUT2D eigenvalue weighted by molar-refractivity contribution is 0.0893. The highest BCUT2D eigenvalue weighted by atomic mass is 79.9. The van der Waals surface area contributed by atoms with Crippen LogP contribution in [0.15, 0.2) is 47.3 Å². The number of imidazole rings is 1. The van der Waals surface area contributed by atoms with Gasteiger partial charge < -0.3 is 10.5 Å². The summed E-state index contributed by atoms with van der Waals surface area (Å²) in [5.74, 6) is 0.818. The third-order valence-corrected chi connectivity index (χ3v) is 5.11. The highest BCUT2D eigenvalue weighted by molar-refractivity contribution is 9.10. The summed E-state index contributed by atoms with van der Waals surface area (Å²) in [4.78, 5) is 22.5. The van der Waals surface area contributed by atoms with Gasteiger partial charge in [-0.3, -0.25) is 9.30 Å². The van der Waals surface area contributed by atoms with Crippen molar-refractivity contribution >= 4 is 33.4 Å². The first-order chi connectivity index (χ1) is 13.0. The van der Waals surface area contributed by atoms with Crippen LogP contribution in [-0.4, -0.2) is 38.1 Å². The summed E-state index contributed by atoms with van der Waals surface area (Å²) in [5.41, 5.74) is 7.38. The molecule has 0 bridgehead atoms. The minimum absolute atomic E-state index is 0.0363. The van der Waals surface area contributed by atoms with Crippen LogP contribution < -0.4 is 5.73 Å². The molecular weight excluding hydrogens is 417 g/mol. The number of hydrogen-bond donors (Lipinski definition) is 1. The molecule has 0 spiro atoms. The first kappa shape index (κ1) is 17.7. The molecule has 9 heteroatoms. The maximum atomic E-state index is 14.2. The average Bonchev–Trinajstić information content (AvgIpc) is 3.21. The summed E-state index contributed by atoms with van der Waals surface area (Å²) in [6.45, 7) is 0.0914. The van der Waals surface area contributed by atoms with E-state index in [9.17, 15) is 9.18 Å². The molecule has 7 nitrogen and oxygen atoms in total. The molecule has 0 unspecified atom stereocenters. The van der Waals surface area contributed by atoms with Gasteiger partial charge in [-0.1, -0.05) is 30.3 Å². The molecule has 2 atom stereocenters. The van der Waals surface area contributed by atoms with Gasteiger partial charge in [0.25, 0.3) is 0 Å². The van der Waals surface area contributed by atoms with Crippen LogP contribution >= 0.6 is 15.9 Å². The smallest absolute Gasteiger partial charge is 0.410 e. The van der Waals surface area contributed by atoms with Crippen molar-refractivity contribution in [1.82, 2.24) is 19.3 Å². The third-order valence-electron chi connectivity index (χ3n) is 4.56. The maximum absolute atomic E-state index is 14.2.